The number of hydrogen-bond donors (Lipinski definition) is 3. The van der Waals surface area contributed by atoms with Crippen LogP contribution >= 0.6 is 22.9 Å². The fourth-order valence-corrected chi connectivity index (χ4v) is 7.33. The molecule has 0 aliphatic carbocycles. The summed E-state index contributed by atoms with van der Waals surface area (Å²) >= 11 is 3.07. The molecule has 6 aromatic heterocycles. The summed E-state index contributed by atoms with van der Waals surface area (Å²) in [6.07, 6.45) is 8.20. The van der Waals surface area contributed by atoms with Gasteiger partial charge in [0.1, 0.15) is 0 Å². The third kappa shape index (κ3) is 4.84. The predicted octanol–water partition coefficient (Wildman–Crippen LogP) is 9.71. The van der Waals surface area contributed by atoms with Crippen molar-refractivity contribution in [3.63, 3.8) is 0 Å². The monoisotopic (exact) mass is 617 g/mol. The van der Waals surface area contributed by atoms with Gasteiger partial charge in [-0.25, -0.2) is 9.97 Å². The lowest BCUT2D eigenvalue weighted by molar-refractivity contribution is 1.21. The number of thiophene rings is 1. The Bertz CT molecular complexity index is 2580. The van der Waals surface area contributed by atoms with Crippen LogP contribution in [-0.2, 0) is 0 Å². The van der Waals surface area contributed by atoms with Crippen LogP contribution < -0.4 is 0 Å². The average Bonchev–Trinajstić information content (AvgIpc) is 3.88. The van der Waals surface area contributed by atoms with Crippen LogP contribution in [0.4, 0.5) is 0 Å². The van der Waals surface area contributed by atoms with Gasteiger partial charge in [0.25, 0.3) is 0 Å². The van der Waals surface area contributed by atoms with Crippen LogP contribution in [0.1, 0.15) is 22.8 Å². The lowest BCUT2D eigenvalue weighted by Gasteiger charge is -2.02. The van der Waals surface area contributed by atoms with Crippen molar-refractivity contribution >= 4 is 101 Å². The van der Waals surface area contributed by atoms with E-state index in [-0.39, 0.29) is 0 Å². The van der Waals surface area contributed by atoms with Gasteiger partial charge in [0.15, 0.2) is 4.83 Å². The van der Waals surface area contributed by atoms with Crippen molar-refractivity contribution in [1.29, 1.82) is 0 Å². The first-order valence-corrected chi connectivity index (χ1v) is 16.1. The molecule has 9 heteroatoms. The number of nitrogens with one attached hydrogen (secondary N) is 3. The fraction of sp³-hybridized carbons (Fsp3) is 0. The number of aromatic nitrogens is 7. The molecule has 2 aliphatic heterocycles. The quantitative estimate of drug-likeness (QED) is 0.171. The Labute approximate surface area is 264 Å². The number of benzene rings is 2. The lowest BCUT2D eigenvalue weighted by atomic mass is 10.0. The highest BCUT2D eigenvalue weighted by Gasteiger charge is 2.13. The van der Waals surface area contributed by atoms with Crippen LogP contribution in [0.25, 0.3) is 88.8 Å². The average molecular weight is 618 g/mol. The molecule has 0 radical (unpaired) electrons. The maximum Gasteiger partial charge on any atom is 0.158 e. The molecule has 10 rings (SSSR count). The highest BCUT2D eigenvalue weighted by molar-refractivity contribution is 7.23. The largest absolute Gasteiger partial charge is 0.355 e. The zero-order valence-corrected chi connectivity index (χ0v) is 25.3. The normalized spacial score (nSPS) is 12.3. The molecule has 3 N–H and O–H groups in total. The smallest absolute Gasteiger partial charge is 0.158 e. The third-order valence-electron chi connectivity index (χ3n) is 7.88. The predicted molar refractivity (Wildman–Crippen MR) is 189 cm³/mol. The number of aromatic amines is 3. The number of nitrogens with zero attached hydrogens (tertiary/aromatic N) is 4. The second kappa shape index (κ2) is 10.5. The van der Waals surface area contributed by atoms with E-state index in [1.54, 1.807) is 11.3 Å². The van der Waals surface area contributed by atoms with Crippen LogP contribution in [0.15, 0.2) is 96.4 Å². The van der Waals surface area contributed by atoms with Gasteiger partial charge in [-0.15, -0.1) is 16.4 Å². The molecular weight excluding hydrogens is 595 g/mol. The molecule has 8 heterocycles. The standard InChI is InChI=1S/C32H21N5.C4H2N2S2/c1-2-7-30-26(4-1)27-5-3-6-28(32(27)37-30)29-17-25-16-23-11-10-21(34-23)14-19-8-9-20(33-19)15-22-12-13-24(35-22)18-31(29)36-25;1-2-7-4-3(1)8-6-5-4/h1-18,33,36-37H;1-2H. The Morgan fingerprint density at radius 3 is 2.02 bits per heavy atom. The first-order valence-electron chi connectivity index (χ1n) is 14.5. The summed E-state index contributed by atoms with van der Waals surface area (Å²) in [6, 6.07) is 31.6. The Hall–Kier alpha value is -5.64. The summed E-state index contributed by atoms with van der Waals surface area (Å²) < 4.78 is 4.95. The molecule has 0 saturated carbocycles. The molecule has 0 fully saturated rings. The van der Waals surface area contributed by atoms with Crippen molar-refractivity contribution < 1.29 is 0 Å². The zero-order chi connectivity index (χ0) is 29.7. The maximum absolute atomic E-state index is 4.86. The van der Waals surface area contributed by atoms with Crippen LogP contribution in [0.5, 0.6) is 0 Å². The molecule has 0 spiro atoms. The molecule has 0 saturated heterocycles. The second-order valence-corrected chi connectivity index (χ2v) is 12.5. The molecule has 45 heavy (non-hydrogen) atoms. The number of para-hydroxylation sites is 2. The molecule has 8 bridgehead atoms. The second-order valence-electron chi connectivity index (χ2n) is 10.8. The van der Waals surface area contributed by atoms with Crippen LogP contribution in [0, 0.1) is 0 Å². The van der Waals surface area contributed by atoms with Gasteiger partial charge in [-0.2, -0.15) is 0 Å². The number of hydrogen-bond acceptors (Lipinski definition) is 6. The van der Waals surface area contributed by atoms with Gasteiger partial charge in [-0.3, -0.25) is 0 Å². The summed E-state index contributed by atoms with van der Waals surface area (Å²) in [6.45, 7) is 0. The summed E-state index contributed by atoms with van der Waals surface area (Å²) in [5, 5.41) is 8.34. The molecule has 8 aromatic rings. The Morgan fingerprint density at radius 1 is 0.533 bits per heavy atom. The van der Waals surface area contributed by atoms with Gasteiger partial charge in [0.2, 0.25) is 0 Å². The highest BCUT2D eigenvalue weighted by atomic mass is 32.1. The van der Waals surface area contributed by atoms with Crippen molar-refractivity contribution in [1.82, 2.24) is 34.5 Å². The number of fused-ring (bicyclic) bond motifs is 12. The molecular formula is C36H23N7S2. The summed E-state index contributed by atoms with van der Waals surface area (Å²) in [5.74, 6) is 0. The minimum atomic E-state index is 0.906. The molecule has 7 nitrogen and oxygen atoms in total. The van der Waals surface area contributed by atoms with Crippen molar-refractivity contribution in [3.05, 3.63) is 119 Å². The van der Waals surface area contributed by atoms with E-state index >= 15 is 0 Å². The first-order chi connectivity index (χ1) is 22.2. The third-order valence-corrected chi connectivity index (χ3v) is 9.50. The molecule has 214 valence electrons. The summed E-state index contributed by atoms with van der Waals surface area (Å²) in [7, 11) is 0. The van der Waals surface area contributed by atoms with Gasteiger partial charge in [-0.1, -0.05) is 40.9 Å². The molecule has 0 atom stereocenters. The topological polar surface area (TPSA) is 98.9 Å². The van der Waals surface area contributed by atoms with E-state index in [9.17, 15) is 0 Å². The lowest BCUT2D eigenvalue weighted by Crippen LogP contribution is -1.80. The molecule has 0 unspecified atom stereocenters. The minimum absolute atomic E-state index is 0.906. The van der Waals surface area contributed by atoms with Crippen LogP contribution in [-0.4, -0.2) is 34.5 Å². The van der Waals surface area contributed by atoms with Crippen molar-refractivity contribution in [2.24, 2.45) is 0 Å². The van der Waals surface area contributed by atoms with Gasteiger partial charge in [0.05, 0.1) is 33.0 Å². The van der Waals surface area contributed by atoms with Crippen LogP contribution in [0.3, 0.4) is 0 Å². The zero-order valence-electron chi connectivity index (χ0n) is 23.7. The van der Waals surface area contributed by atoms with E-state index < -0.39 is 0 Å². The molecule has 2 aromatic carbocycles. The van der Waals surface area contributed by atoms with Crippen molar-refractivity contribution in [3.8, 4) is 11.1 Å². The van der Waals surface area contributed by atoms with E-state index in [0.29, 0.717) is 0 Å². The number of rotatable bonds is 1. The molecule has 2 aliphatic rings. The van der Waals surface area contributed by atoms with E-state index in [1.165, 1.54) is 27.0 Å². The van der Waals surface area contributed by atoms with Gasteiger partial charge in [0, 0.05) is 49.5 Å². The van der Waals surface area contributed by atoms with Crippen molar-refractivity contribution in [2.45, 2.75) is 0 Å². The van der Waals surface area contributed by atoms with Crippen LogP contribution in [0.2, 0.25) is 0 Å². The van der Waals surface area contributed by atoms with Gasteiger partial charge >= 0.3 is 0 Å². The maximum atomic E-state index is 4.86. The SMILES string of the molecule is C1=Cc2cc3cc(-c4cccc5c4[nH]c4ccccc45)c(cc4nc(cc5ccc(cc1n2)[nH]5)C=C4)[nH]3.c1cc2snnc2s1. The Balaban J connectivity index is 0.000000304. The highest BCUT2D eigenvalue weighted by Crippen LogP contribution is 2.36. The first kappa shape index (κ1) is 25.8. The summed E-state index contributed by atoms with van der Waals surface area (Å²) in [4.78, 5) is 21.4. The van der Waals surface area contributed by atoms with E-state index in [4.69, 9.17) is 9.97 Å². The fourth-order valence-electron chi connectivity index (χ4n) is 5.87. The van der Waals surface area contributed by atoms with Gasteiger partial charge in [-0.05, 0) is 95.8 Å². The van der Waals surface area contributed by atoms with E-state index in [1.807, 2.05) is 29.7 Å². The van der Waals surface area contributed by atoms with E-state index in [2.05, 4.69) is 116 Å². The Morgan fingerprint density at radius 2 is 1.24 bits per heavy atom. The van der Waals surface area contributed by atoms with E-state index in [0.717, 1.165) is 71.8 Å². The minimum Gasteiger partial charge on any atom is -0.355 e. The van der Waals surface area contributed by atoms with Gasteiger partial charge < -0.3 is 15.0 Å². The summed E-state index contributed by atoms with van der Waals surface area (Å²) in [5.41, 5.74) is 12.2. The molecule has 0 amide bonds. The number of H-pyrrole nitrogens is 3. The van der Waals surface area contributed by atoms with Crippen molar-refractivity contribution in [2.75, 3.05) is 0 Å². The Kier molecular flexibility index (Phi) is 6.03.